The molecule has 3 heterocycles. The van der Waals surface area contributed by atoms with Gasteiger partial charge in [-0.15, -0.1) is 0 Å². The van der Waals surface area contributed by atoms with E-state index in [0.29, 0.717) is 40.0 Å². The Kier molecular flexibility index (Phi) is 6.55. The fourth-order valence-corrected chi connectivity index (χ4v) is 6.30. The lowest BCUT2D eigenvalue weighted by molar-refractivity contribution is 0.0349. The number of ether oxygens (including phenoxy) is 1. The van der Waals surface area contributed by atoms with Crippen LogP contribution in [0.15, 0.2) is 70.3 Å². The van der Waals surface area contributed by atoms with Crippen LogP contribution in [-0.2, 0) is 5.75 Å². The zero-order valence-corrected chi connectivity index (χ0v) is 21.3. The molecule has 0 N–H and O–H groups in total. The Hall–Kier alpha value is -3.10. The van der Waals surface area contributed by atoms with Gasteiger partial charge < -0.3 is 14.1 Å². The number of oxazole rings is 1. The van der Waals surface area contributed by atoms with E-state index in [1.54, 1.807) is 6.07 Å². The van der Waals surface area contributed by atoms with E-state index in [-0.39, 0.29) is 29.8 Å². The zero-order chi connectivity index (χ0) is 25.5. The Morgan fingerprint density at radius 1 is 1.08 bits per heavy atom. The maximum Gasteiger partial charge on any atom is 0.257 e. The molecule has 190 valence electrons. The van der Waals surface area contributed by atoms with Crippen LogP contribution < -0.4 is 4.74 Å². The third-order valence-corrected chi connectivity index (χ3v) is 8.22. The van der Waals surface area contributed by atoms with Crippen molar-refractivity contribution < 1.29 is 22.7 Å². The number of thioether (sulfide) groups is 1. The van der Waals surface area contributed by atoms with Gasteiger partial charge in [-0.25, -0.2) is 13.8 Å². The Morgan fingerprint density at radius 3 is 2.54 bits per heavy atom. The fourth-order valence-electron chi connectivity index (χ4n) is 5.30. The standard InChI is InChI=1S/C28H23ClF2N2O3S/c29-22-2-1-3-24-26(22)36-28(32-24)37-15-16-4-6-17(7-5-16)27(34)33-19-9-10-20(33)14-21(13-19)35-25-11-8-18(30)12-23(25)31/h1-8,11-12,19-21H,9-10,13-15H2/t19-,20-/m0/s1. The highest BCUT2D eigenvalue weighted by Crippen LogP contribution is 2.39. The minimum Gasteiger partial charge on any atom is -0.487 e. The number of carbonyl (C=O) groups excluding carboxylic acids is 1. The Bertz CT molecular complexity index is 1450. The minimum absolute atomic E-state index is 0.00621. The van der Waals surface area contributed by atoms with Crippen molar-refractivity contribution in [2.45, 2.75) is 54.8 Å². The van der Waals surface area contributed by atoms with Crippen LogP contribution in [-0.4, -0.2) is 34.0 Å². The zero-order valence-electron chi connectivity index (χ0n) is 19.7. The van der Waals surface area contributed by atoms with Gasteiger partial charge in [-0.1, -0.05) is 41.6 Å². The number of rotatable bonds is 6. The molecule has 37 heavy (non-hydrogen) atoms. The van der Waals surface area contributed by atoms with Gasteiger partial charge in [0.1, 0.15) is 17.4 Å². The van der Waals surface area contributed by atoms with E-state index in [1.807, 2.05) is 41.3 Å². The number of halogens is 3. The molecule has 2 atom stereocenters. The number of fused-ring (bicyclic) bond motifs is 3. The molecule has 0 spiro atoms. The monoisotopic (exact) mass is 540 g/mol. The summed E-state index contributed by atoms with van der Waals surface area (Å²) in [7, 11) is 0. The first kappa shape index (κ1) is 24.2. The van der Waals surface area contributed by atoms with Crippen LogP contribution in [0.5, 0.6) is 5.75 Å². The molecule has 1 aromatic heterocycles. The lowest BCUT2D eigenvalue weighted by Gasteiger charge is -2.39. The van der Waals surface area contributed by atoms with E-state index in [2.05, 4.69) is 4.98 Å². The molecule has 0 unspecified atom stereocenters. The molecule has 0 radical (unpaired) electrons. The number of benzene rings is 3. The highest BCUT2D eigenvalue weighted by atomic mass is 35.5. The van der Waals surface area contributed by atoms with Gasteiger partial charge >= 0.3 is 0 Å². The Morgan fingerprint density at radius 2 is 1.84 bits per heavy atom. The number of carbonyl (C=O) groups is 1. The third-order valence-electron chi connectivity index (χ3n) is 7.02. The van der Waals surface area contributed by atoms with E-state index in [0.717, 1.165) is 30.0 Å². The molecule has 0 aliphatic carbocycles. The van der Waals surface area contributed by atoms with Crippen LogP contribution in [0, 0.1) is 11.6 Å². The summed E-state index contributed by atoms with van der Waals surface area (Å²) in [5.41, 5.74) is 3.00. The molecular weight excluding hydrogens is 518 g/mol. The van der Waals surface area contributed by atoms with Crippen molar-refractivity contribution >= 4 is 40.4 Å². The largest absolute Gasteiger partial charge is 0.487 e. The summed E-state index contributed by atoms with van der Waals surface area (Å²) in [6.07, 6.45) is 2.84. The average molecular weight is 541 g/mol. The molecule has 2 saturated heterocycles. The van der Waals surface area contributed by atoms with E-state index < -0.39 is 11.6 Å². The minimum atomic E-state index is -0.705. The first-order valence-corrected chi connectivity index (χ1v) is 13.5. The normalized spacial score (nSPS) is 20.9. The van der Waals surface area contributed by atoms with Crippen molar-refractivity contribution in [3.63, 3.8) is 0 Å². The van der Waals surface area contributed by atoms with Gasteiger partial charge in [0.05, 0.1) is 5.02 Å². The van der Waals surface area contributed by atoms with E-state index >= 15 is 0 Å². The molecule has 6 rings (SSSR count). The van der Waals surface area contributed by atoms with Crippen LogP contribution in [0.2, 0.25) is 5.02 Å². The number of piperidine rings is 1. The predicted octanol–water partition coefficient (Wildman–Crippen LogP) is 7.27. The number of aromatic nitrogens is 1. The van der Waals surface area contributed by atoms with Gasteiger partial charge in [-0.2, -0.15) is 0 Å². The first-order valence-electron chi connectivity index (χ1n) is 12.2. The molecule has 2 bridgehead atoms. The van der Waals surface area contributed by atoms with Crippen molar-refractivity contribution in [1.29, 1.82) is 0 Å². The van der Waals surface area contributed by atoms with Crippen LogP contribution in [0.25, 0.3) is 11.1 Å². The number of hydrogen-bond acceptors (Lipinski definition) is 5. The molecule has 3 aromatic carbocycles. The molecular formula is C28H23ClF2N2O3S. The smallest absolute Gasteiger partial charge is 0.257 e. The maximum atomic E-state index is 14.0. The van der Waals surface area contributed by atoms with Crippen LogP contribution in [0.1, 0.15) is 41.6 Å². The Balaban J connectivity index is 1.08. The maximum absolute atomic E-state index is 14.0. The molecule has 2 aliphatic rings. The van der Waals surface area contributed by atoms with Gasteiger partial charge in [0, 0.05) is 42.3 Å². The molecule has 2 fully saturated rings. The van der Waals surface area contributed by atoms with Crippen molar-refractivity contribution in [1.82, 2.24) is 9.88 Å². The lowest BCUT2D eigenvalue weighted by atomic mass is 9.98. The highest BCUT2D eigenvalue weighted by Gasteiger charge is 2.44. The topological polar surface area (TPSA) is 55.6 Å². The fraction of sp³-hybridized carbons (Fsp3) is 0.286. The summed E-state index contributed by atoms with van der Waals surface area (Å²) in [5, 5.41) is 1.08. The van der Waals surface area contributed by atoms with E-state index in [4.69, 9.17) is 20.8 Å². The summed E-state index contributed by atoms with van der Waals surface area (Å²) < 4.78 is 38.9. The number of nitrogens with zero attached hydrogens (tertiary/aromatic N) is 2. The van der Waals surface area contributed by atoms with Gasteiger partial charge in [-0.05, 0) is 54.8 Å². The molecule has 0 saturated carbocycles. The number of amides is 1. The molecule has 2 aliphatic heterocycles. The molecule has 4 aromatic rings. The van der Waals surface area contributed by atoms with Gasteiger partial charge in [0.25, 0.3) is 11.1 Å². The van der Waals surface area contributed by atoms with Gasteiger partial charge in [0.2, 0.25) is 0 Å². The van der Waals surface area contributed by atoms with Crippen LogP contribution >= 0.6 is 23.4 Å². The van der Waals surface area contributed by atoms with Crippen molar-refractivity contribution in [2.75, 3.05) is 0 Å². The summed E-state index contributed by atoms with van der Waals surface area (Å²) in [4.78, 5) is 19.8. The average Bonchev–Trinajstić information content (AvgIpc) is 3.43. The summed E-state index contributed by atoms with van der Waals surface area (Å²) in [5.74, 6) is -0.630. The van der Waals surface area contributed by atoms with Gasteiger partial charge in [0.15, 0.2) is 17.1 Å². The second kappa shape index (κ2) is 9.99. The quantitative estimate of drug-likeness (QED) is 0.241. The second-order valence-corrected chi connectivity index (χ2v) is 10.8. The van der Waals surface area contributed by atoms with E-state index in [1.165, 1.54) is 23.9 Å². The molecule has 9 heteroatoms. The van der Waals surface area contributed by atoms with Gasteiger partial charge in [-0.3, -0.25) is 4.79 Å². The second-order valence-electron chi connectivity index (χ2n) is 9.44. The SMILES string of the molecule is O=C(c1ccc(CSc2nc3cccc(Cl)c3o2)cc1)N1[C@H]2CC[C@H]1CC(Oc1ccc(F)cc1F)C2. The third kappa shape index (κ3) is 4.92. The highest BCUT2D eigenvalue weighted by molar-refractivity contribution is 7.98. The molecule has 1 amide bonds. The summed E-state index contributed by atoms with van der Waals surface area (Å²) in [6.45, 7) is 0. The first-order chi connectivity index (χ1) is 17.9. The van der Waals surface area contributed by atoms with Crippen LogP contribution in [0.3, 0.4) is 0 Å². The lowest BCUT2D eigenvalue weighted by Crippen LogP contribution is -2.49. The van der Waals surface area contributed by atoms with Crippen molar-refractivity contribution in [2.24, 2.45) is 0 Å². The number of para-hydroxylation sites is 1. The Labute approximate surface area is 221 Å². The van der Waals surface area contributed by atoms with E-state index in [9.17, 15) is 13.6 Å². The summed E-state index contributed by atoms with van der Waals surface area (Å²) in [6, 6.07) is 16.5. The molecule has 5 nitrogen and oxygen atoms in total. The number of hydrogen-bond donors (Lipinski definition) is 0. The predicted molar refractivity (Wildman–Crippen MR) is 138 cm³/mol. The van der Waals surface area contributed by atoms with Crippen molar-refractivity contribution in [3.05, 3.63) is 88.4 Å². The van der Waals surface area contributed by atoms with Crippen molar-refractivity contribution in [3.8, 4) is 5.75 Å². The van der Waals surface area contributed by atoms with Crippen LogP contribution in [0.4, 0.5) is 8.78 Å². The summed E-state index contributed by atoms with van der Waals surface area (Å²) >= 11 is 7.64.